The van der Waals surface area contributed by atoms with Gasteiger partial charge >= 0.3 is 0 Å². The second-order valence-corrected chi connectivity index (χ2v) is 4.81. The van der Waals surface area contributed by atoms with E-state index < -0.39 is 17.5 Å². The number of carbonyl (C=O) groups excluding carboxylic acids is 1. The smallest absolute Gasteiger partial charge is 0.259 e. The minimum absolute atomic E-state index is 0.0129. The summed E-state index contributed by atoms with van der Waals surface area (Å²) in [6.07, 6.45) is 0.0709. The fourth-order valence-electron chi connectivity index (χ4n) is 1.78. The van der Waals surface area contributed by atoms with Crippen LogP contribution in [-0.4, -0.2) is 17.1 Å². The Labute approximate surface area is 122 Å². The highest BCUT2D eigenvalue weighted by Gasteiger charge is 2.12. The highest BCUT2D eigenvalue weighted by Crippen LogP contribution is 2.21. The summed E-state index contributed by atoms with van der Waals surface area (Å²) in [6, 6.07) is 10.1. The van der Waals surface area contributed by atoms with Gasteiger partial charge in [-0.2, -0.15) is 0 Å². The number of hydrogen-bond acceptors (Lipinski definition) is 3. The van der Waals surface area contributed by atoms with Crippen molar-refractivity contribution in [1.29, 1.82) is 0 Å². The van der Waals surface area contributed by atoms with E-state index in [0.29, 0.717) is 11.4 Å². The van der Waals surface area contributed by atoms with Crippen molar-refractivity contribution in [3.8, 4) is 11.5 Å². The number of rotatable bonds is 4. The maximum atomic E-state index is 12.9. The minimum Gasteiger partial charge on any atom is -0.507 e. The Balaban J connectivity index is 2.08. The zero-order chi connectivity index (χ0) is 15.4. The van der Waals surface area contributed by atoms with Crippen molar-refractivity contribution in [2.24, 2.45) is 0 Å². The molecule has 0 aliphatic rings. The van der Waals surface area contributed by atoms with Crippen molar-refractivity contribution in [3.05, 3.63) is 53.8 Å². The average Bonchev–Trinajstić information content (AvgIpc) is 2.40. The van der Waals surface area contributed by atoms with Gasteiger partial charge in [-0.15, -0.1) is 0 Å². The van der Waals surface area contributed by atoms with Gasteiger partial charge in [0.15, 0.2) is 0 Å². The Kier molecular flexibility index (Phi) is 4.42. The first-order valence-corrected chi connectivity index (χ1v) is 6.52. The molecule has 0 fully saturated rings. The lowest BCUT2D eigenvalue weighted by Gasteiger charge is -2.11. The van der Waals surface area contributed by atoms with E-state index in [4.69, 9.17) is 4.74 Å². The molecule has 1 amide bonds. The number of phenols is 1. The fourth-order valence-corrected chi connectivity index (χ4v) is 1.78. The van der Waals surface area contributed by atoms with Crippen LogP contribution in [-0.2, 0) is 0 Å². The Hall–Kier alpha value is -2.56. The van der Waals surface area contributed by atoms with E-state index in [-0.39, 0.29) is 11.7 Å². The molecular weight excluding hydrogens is 273 g/mol. The molecular formula is C16H16FNO3. The number of amides is 1. The Morgan fingerprint density at radius 2 is 1.86 bits per heavy atom. The number of anilines is 1. The molecule has 2 aromatic carbocycles. The topological polar surface area (TPSA) is 58.6 Å². The largest absolute Gasteiger partial charge is 0.507 e. The molecule has 2 N–H and O–H groups in total. The van der Waals surface area contributed by atoms with Crippen LogP contribution >= 0.6 is 0 Å². The zero-order valence-corrected chi connectivity index (χ0v) is 11.8. The van der Waals surface area contributed by atoms with Crippen LogP contribution in [0.4, 0.5) is 10.1 Å². The first-order valence-electron chi connectivity index (χ1n) is 6.52. The molecule has 0 unspecified atom stereocenters. The van der Waals surface area contributed by atoms with E-state index >= 15 is 0 Å². The van der Waals surface area contributed by atoms with E-state index in [0.717, 1.165) is 12.1 Å². The van der Waals surface area contributed by atoms with Gasteiger partial charge in [0.05, 0.1) is 11.7 Å². The summed E-state index contributed by atoms with van der Waals surface area (Å²) in [6.45, 7) is 3.85. The molecule has 110 valence electrons. The van der Waals surface area contributed by atoms with E-state index in [1.165, 1.54) is 6.07 Å². The molecule has 2 aromatic rings. The van der Waals surface area contributed by atoms with Gasteiger partial charge in [0.2, 0.25) is 0 Å². The average molecular weight is 289 g/mol. The molecule has 0 aliphatic heterocycles. The molecule has 0 bridgehead atoms. The molecule has 0 aliphatic carbocycles. The lowest BCUT2D eigenvalue weighted by molar-refractivity contribution is 0.102. The van der Waals surface area contributed by atoms with Crippen LogP contribution in [0, 0.1) is 5.82 Å². The highest BCUT2D eigenvalue weighted by atomic mass is 19.1. The standard InChI is InChI=1S/C16H16FNO3/c1-10(2)21-13-6-4-12(5-7-13)18-16(20)14-8-3-11(17)9-15(14)19/h3-10,19H,1-2H3,(H,18,20). The van der Waals surface area contributed by atoms with Crippen molar-refractivity contribution < 1.29 is 19.0 Å². The normalized spacial score (nSPS) is 10.5. The summed E-state index contributed by atoms with van der Waals surface area (Å²) in [5.41, 5.74) is 0.568. The molecule has 0 atom stereocenters. The van der Waals surface area contributed by atoms with E-state index in [1.807, 2.05) is 13.8 Å². The second-order valence-electron chi connectivity index (χ2n) is 4.81. The number of ether oxygens (including phenoxy) is 1. The predicted octanol–water partition coefficient (Wildman–Crippen LogP) is 3.57. The first kappa shape index (κ1) is 14.8. The number of carbonyl (C=O) groups is 1. The summed E-state index contributed by atoms with van der Waals surface area (Å²) in [7, 11) is 0. The molecule has 0 saturated carbocycles. The van der Waals surface area contributed by atoms with Gasteiger partial charge in [-0.3, -0.25) is 4.79 Å². The van der Waals surface area contributed by atoms with Gasteiger partial charge in [-0.1, -0.05) is 0 Å². The van der Waals surface area contributed by atoms with Gasteiger partial charge in [-0.05, 0) is 50.2 Å². The molecule has 0 radical (unpaired) electrons. The van der Waals surface area contributed by atoms with Crippen molar-refractivity contribution in [3.63, 3.8) is 0 Å². The molecule has 4 nitrogen and oxygen atoms in total. The number of hydrogen-bond donors (Lipinski definition) is 2. The second kappa shape index (κ2) is 6.26. The van der Waals surface area contributed by atoms with Crippen molar-refractivity contribution in [2.75, 3.05) is 5.32 Å². The fraction of sp³-hybridized carbons (Fsp3) is 0.188. The van der Waals surface area contributed by atoms with Crippen LogP contribution in [0.1, 0.15) is 24.2 Å². The summed E-state index contributed by atoms with van der Waals surface area (Å²) < 4.78 is 18.4. The SMILES string of the molecule is CC(C)Oc1ccc(NC(=O)c2ccc(F)cc2O)cc1. The summed E-state index contributed by atoms with van der Waals surface area (Å²) in [5.74, 6) is -0.802. The van der Waals surface area contributed by atoms with E-state index in [1.54, 1.807) is 24.3 Å². The molecule has 0 heterocycles. The molecule has 21 heavy (non-hydrogen) atoms. The van der Waals surface area contributed by atoms with E-state index in [9.17, 15) is 14.3 Å². The quantitative estimate of drug-likeness (QED) is 0.904. The van der Waals surface area contributed by atoms with Gasteiger partial charge in [0.1, 0.15) is 17.3 Å². The summed E-state index contributed by atoms with van der Waals surface area (Å²) >= 11 is 0. The van der Waals surface area contributed by atoms with E-state index in [2.05, 4.69) is 5.32 Å². The Bertz CT molecular complexity index is 638. The minimum atomic E-state index is -0.598. The lowest BCUT2D eigenvalue weighted by atomic mass is 10.1. The zero-order valence-electron chi connectivity index (χ0n) is 11.8. The van der Waals surface area contributed by atoms with Crippen molar-refractivity contribution >= 4 is 11.6 Å². The Morgan fingerprint density at radius 1 is 1.19 bits per heavy atom. The Morgan fingerprint density at radius 3 is 2.43 bits per heavy atom. The molecule has 0 aromatic heterocycles. The number of aromatic hydroxyl groups is 1. The maximum Gasteiger partial charge on any atom is 0.259 e. The van der Waals surface area contributed by atoms with Crippen LogP contribution in [0.3, 0.4) is 0 Å². The predicted molar refractivity (Wildman–Crippen MR) is 78.2 cm³/mol. The maximum absolute atomic E-state index is 12.9. The third-order valence-electron chi connectivity index (χ3n) is 2.69. The van der Waals surface area contributed by atoms with Crippen LogP contribution in [0.15, 0.2) is 42.5 Å². The molecule has 0 saturated heterocycles. The molecule has 2 rings (SSSR count). The van der Waals surface area contributed by atoms with Crippen LogP contribution in [0.5, 0.6) is 11.5 Å². The van der Waals surface area contributed by atoms with Gasteiger partial charge in [0.25, 0.3) is 5.91 Å². The van der Waals surface area contributed by atoms with Crippen molar-refractivity contribution in [2.45, 2.75) is 20.0 Å². The summed E-state index contributed by atoms with van der Waals surface area (Å²) in [4.78, 5) is 12.0. The monoisotopic (exact) mass is 289 g/mol. The molecule has 5 heteroatoms. The van der Waals surface area contributed by atoms with Crippen LogP contribution < -0.4 is 10.1 Å². The van der Waals surface area contributed by atoms with Crippen LogP contribution in [0.2, 0.25) is 0 Å². The number of phenolic OH excluding ortho intramolecular Hbond substituents is 1. The number of halogens is 1. The van der Waals surface area contributed by atoms with Crippen LogP contribution in [0.25, 0.3) is 0 Å². The highest BCUT2D eigenvalue weighted by molar-refractivity contribution is 6.06. The first-order chi connectivity index (χ1) is 9.95. The lowest BCUT2D eigenvalue weighted by Crippen LogP contribution is -2.12. The number of nitrogens with one attached hydrogen (secondary N) is 1. The summed E-state index contributed by atoms with van der Waals surface area (Å²) in [5, 5.41) is 12.2. The molecule has 0 spiro atoms. The third kappa shape index (κ3) is 3.95. The number of benzene rings is 2. The van der Waals surface area contributed by atoms with Gasteiger partial charge < -0.3 is 15.2 Å². The third-order valence-corrected chi connectivity index (χ3v) is 2.69. The van der Waals surface area contributed by atoms with Gasteiger partial charge in [0, 0.05) is 11.8 Å². The van der Waals surface area contributed by atoms with Gasteiger partial charge in [-0.25, -0.2) is 4.39 Å². The van der Waals surface area contributed by atoms with Crippen molar-refractivity contribution in [1.82, 2.24) is 0 Å².